The van der Waals surface area contributed by atoms with Gasteiger partial charge in [0.05, 0.1) is 0 Å². The second kappa shape index (κ2) is 3.52. The van der Waals surface area contributed by atoms with Gasteiger partial charge in [0.2, 0.25) is 5.91 Å². The predicted molar refractivity (Wildman–Crippen MR) is 45.3 cm³/mol. The predicted octanol–water partition coefficient (Wildman–Crippen LogP) is 1.01. The van der Waals surface area contributed by atoms with Crippen LogP contribution in [0.4, 0.5) is 0 Å². The number of ketones is 1. The monoisotopic (exact) mass is 167 g/mol. The normalized spacial score (nSPS) is 29.8. The molecule has 0 bridgehead atoms. The van der Waals surface area contributed by atoms with Crippen molar-refractivity contribution in [3.05, 3.63) is 11.8 Å². The molecule has 0 aliphatic carbocycles. The lowest BCUT2D eigenvalue weighted by molar-refractivity contribution is -0.122. The first-order valence-electron chi connectivity index (χ1n) is 4.09. The van der Waals surface area contributed by atoms with Crippen molar-refractivity contribution in [2.24, 2.45) is 5.92 Å². The van der Waals surface area contributed by atoms with E-state index in [1.807, 2.05) is 6.92 Å². The first-order valence-corrected chi connectivity index (χ1v) is 4.09. The van der Waals surface area contributed by atoms with Crippen LogP contribution in [-0.4, -0.2) is 11.7 Å². The van der Waals surface area contributed by atoms with Crippen LogP contribution in [0.3, 0.4) is 0 Å². The Morgan fingerprint density at radius 2 is 2.08 bits per heavy atom. The summed E-state index contributed by atoms with van der Waals surface area (Å²) < 4.78 is 0. The second-order valence-corrected chi connectivity index (χ2v) is 3.36. The molecule has 1 heterocycles. The van der Waals surface area contributed by atoms with Gasteiger partial charge in [0.25, 0.3) is 0 Å². The topological polar surface area (TPSA) is 46.2 Å². The Morgan fingerprint density at radius 1 is 1.42 bits per heavy atom. The molecule has 0 radical (unpaired) electrons. The van der Waals surface area contributed by atoms with Gasteiger partial charge in [-0.1, -0.05) is 6.92 Å². The summed E-state index contributed by atoms with van der Waals surface area (Å²) in [7, 11) is 0. The molecule has 0 saturated carbocycles. The third kappa shape index (κ3) is 2.49. The SMILES string of the molecule is C/C1=C/C(=O)CC(C)CC(=O)N1. The average molecular weight is 167 g/mol. The Labute approximate surface area is 71.8 Å². The van der Waals surface area contributed by atoms with Crippen molar-refractivity contribution in [2.45, 2.75) is 26.7 Å². The molecule has 0 aromatic carbocycles. The second-order valence-electron chi connectivity index (χ2n) is 3.36. The minimum Gasteiger partial charge on any atom is -0.330 e. The van der Waals surface area contributed by atoms with Crippen LogP contribution in [0.15, 0.2) is 11.8 Å². The van der Waals surface area contributed by atoms with E-state index in [0.717, 1.165) is 0 Å². The molecule has 1 atom stereocenters. The third-order valence-corrected chi connectivity index (χ3v) is 1.80. The van der Waals surface area contributed by atoms with Gasteiger partial charge >= 0.3 is 0 Å². The van der Waals surface area contributed by atoms with Gasteiger partial charge in [0.15, 0.2) is 5.78 Å². The minimum atomic E-state index is 0.00347. The highest BCUT2D eigenvalue weighted by molar-refractivity contribution is 5.92. The number of carbonyl (C=O) groups excluding carboxylic acids is 2. The Morgan fingerprint density at radius 3 is 2.75 bits per heavy atom. The van der Waals surface area contributed by atoms with Crippen LogP contribution < -0.4 is 5.32 Å². The zero-order valence-corrected chi connectivity index (χ0v) is 7.39. The lowest BCUT2D eigenvalue weighted by Gasteiger charge is -2.13. The number of nitrogens with one attached hydrogen (secondary N) is 1. The van der Waals surface area contributed by atoms with E-state index in [0.29, 0.717) is 18.5 Å². The minimum absolute atomic E-state index is 0.00347. The molecule has 3 heteroatoms. The lowest BCUT2D eigenvalue weighted by atomic mass is 9.98. The maximum atomic E-state index is 11.1. The van der Waals surface area contributed by atoms with Crippen LogP contribution in [0.2, 0.25) is 0 Å². The van der Waals surface area contributed by atoms with E-state index in [-0.39, 0.29) is 17.6 Å². The van der Waals surface area contributed by atoms with Crippen LogP contribution in [-0.2, 0) is 9.59 Å². The van der Waals surface area contributed by atoms with Crippen LogP contribution in [0.5, 0.6) is 0 Å². The molecule has 1 aliphatic rings. The Kier molecular flexibility index (Phi) is 2.63. The summed E-state index contributed by atoms with van der Waals surface area (Å²) >= 11 is 0. The van der Waals surface area contributed by atoms with E-state index in [4.69, 9.17) is 0 Å². The molecule has 1 N–H and O–H groups in total. The van der Waals surface area contributed by atoms with Gasteiger partial charge in [0.1, 0.15) is 0 Å². The number of rotatable bonds is 0. The molecule has 0 fully saturated rings. The fourth-order valence-electron chi connectivity index (χ4n) is 1.34. The van der Waals surface area contributed by atoms with Crippen LogP contribution >= 0.6 is 0 Å². The van der Waals surface area contributed by atoms with E-state index in [9.17, 15) is 9.59 Å². The van der Waals surface area contributed by atoms with Crippen molar-refractivity contribution in [3.8, 4) is 0 Å². The summed E-state index contributed by atoms with van der Waals surface area (Å²) in [6.45, 7) is 3.64. The Balaban J connectivity index is 2.76. The van der Waals surface area contributed by atoms with E-state index >= 15 is 0 Å². The van der Waals surface area contributed by atoms with Gasteiger partial charge in [-0.2, -0.15) is 0 Å². The van der Waals surface area contributed by atoms with Gasteiger partial charge in [-0.3, -0.25) is 9.59 Å². The molecule has 66 valence electrons. The smallest absolute Gasteiger partial charge is 0.224 e. The van der Waals surface area contributed by atoms with Gasteiger partial charge < -0.3 is 5.32 Å². The zero-order chi connectivity index (χ0) is 9.14. The van der Waals surface area contributed by atoms with Crippen molar-refractivity contribution < 1.29 is 9.59 Å². The van der Waals surface area contributed by atoms with Gasteiger partial charge in [0, 0.05) is 24.6 Å². The molecule has 1 aliphatic heterocycles. The average Bonchev–Trinajstić information content (AvgIpc) is 1.81. The molecule has 0 saturated heterocycles. The van der Waals surface area contributed by atoms with E-state index < -0.39 is 0 Å². The summed E-state index contributed by atoms with van der Waals surface area (Å²) in [6.07, 6.45) is 2.41. The fraction of sp³-hybridized carbons (Fsp3) is 0.556. The number of amides is 1. The molecule has 0 aromatic rings. The van der Waals surface area contributed by atoms with Crippen molar-refractivity contribution in [1.82, 2.24) is 5.32 Å². The summed E-state index contributed by atoms with van der Waals surface area (Å²) in [5.41, 5.74) is 0.650. The van der Waals surface area contributed by atoms with Crippen LogP contribution in [0.25, 0.3) is 0 Å². The first kappa shape index (κ1) is 8.97. The molecule has 0 spiro atoms. The molecule has 1 unspecified atom stereocenters. The highest BCUT2D eigenvalue weighted by Crippen LogP contribution is 2.11. The van der Waals surface area contributed by atoms with Crippen molar-refractivity contribution in [1.29, 1.82) is 0 Å². The van der Waals surface area contributed by atoms with Gasteiger partial charge in [-0.05, 0) is 12.8 Å². The summed E-state index contributed by atoms with van der Waals surface area (Å²) in [5, 5.41) is 2.64. The van der Waals surface area contributed by atoms with Crippen LogP contribution in [0, 0.1) is 5.92 Å². The van der Waals surface area contributed by atoms with Gasteiger partial charge in [-0.15, -0.1) is 0 Å². The maximum Gasteiger partial charge on any atom is 0.224 e. The molecule has 12 heavy (non-hydrogen) atoms. The third-order valence-electron chi connectivity index (χ3n) is 1.80. The van der Waals surface area contributed by atoms with E-state index in [2.05, 4.69) is 5.32 Å². The van der Waals surface area contributed by atoms with E-state index in [1.165, 1.54) is 6.08 Å². The number of hydrogen-bond donors (Lipinski definition) is 1. The Hall–Kier alpha value is -1.12. The van der Waals surface area contributed by atoms with Crippen molar-refractivity contribution in [2.75, 3.05) is 0 Å². The number of hydrogen-bond acceptors (Lipinski definition) is 2. The zero-order valence-electron chi connectivity index (χ0n) is 7.39. The highest BCUT2D eigenvalue weighted by Gasteiger charge is 2.15. The molecule has 1 amide bonds. The standard InChI is InChI=1S/C9H13NO2/c1-6-3-8(11)5-7(2)10-9(12)4-6/h5-6H,3-4H2,1-2H3,(H,10,12)/b7-5-. The van der Waals surface area contributed by atoms with Gasteiger partial charge in [-0.25, -0.2) is 0 Å². The number of carbonyl (C=O) groups is 2. The molecular weight excluding hydrogens is 154 g/mol. The first-order chi connectivity index (χ1) is 5.58. The van der Waals surface area contributed by atoms with Crippen molar-refractivity contribution >= 4 is 11.7 Å². The Bertz CT molecular complexity index is 243. The fourth-order valence-corrected chi connectivity index (χ4v) is 1.34. The molecule has 1 rings (SSSR count). The summed E-state index contributed by atoms with van der Waals surface area (Å²) in [6, 6.07) is 0. The largest absolute Gasteiger partial charge is 0.330 e. The molecule has 0 aromatic heterocycles. The maximum absolute atomic E-state index is 11.1. The van der Waals surface area contributed by atoms with Crippen molar-refractivity contribution in [3.63, 3.8) is 0 Å². The summed E-state index contributed by atoms with van der Waals surface area (Å²) in [5.74, 6) is 0.255. The molecular formula is C9H13NO2. The lowest BCUT2D eigenvalue weighted by Crippen LogP contribution is -2.26. The van der Waals surface area contributed by atoms with Crippen LogP contribution in [0.1, 0.15) is 26.7 Å². The van der Waals surface area contributed by atoms with E-state index in [1.54, 1.807) is 6.92 Å². The highest BCUT2D eigenvalue weighted by atomic mass is 16.1. The number of allylic oxidation sites excluding steroid dienone is 2. The molecule has 3 nitrogen and oxygen atoms in total. The quantitative estimate of drug-likeness (QED) is 0.585. The summed E-state index contributed by atoms with van der Waals surface area (Å²) in [4.78, 5) is 22.2.